The number of nitrogens with zero attached hydrogens (tertiary/aromatic N) is 3. The Hall–Kier alpha value is -1.76. The zero-order chi connectivity index (χ0) is 12.3. The molecule has 90 valence electrons. The largest absolute Gasteiger partial charge is 0.382 e. The number of hydrogen-bond acceptors (Lipinski definition) is 5. The van der Waals surface area contributed by atoms with Crippen molar-refractivity contribution in [2.75, 3.05) is 11.5 Å². The lowest BCUT2D eigenvalue weighted by atomic mass is 10.5. The molecule has 3 N–H and O–H groups in total. The third-order valence-corrected chi connectivity index (χ3v) is 2.92. The number of rotatable bonds is 4. The Morgan fingerprint density at radius 3 is 3.06 bits per heavy atom. The highest BCUT2D eigenvalue weighted by Gasteiger charge is 2.00. The molecule has 0 aliphatic heterocycles. The van der Waals surface area contributed by atoms with Crippen molar-refractivity contribution in [3.8, 4) is 0 Å². The molecule has 2 rings (SSSR count). The van der Waals surface area contributed by atoms with Gasteiger partial charge in [-0.3, -0.25) is 9.48 Å². The second-order valence-electron chi connectivity index (χ2n) is 3.54. The van der Waals surface area contributed by atoms with Gasteiger partial charge in [-0.2, -0.15) is 5.10 Å². The fraction of sp³-hybridized carbons (Fsp3) is 0.300. The van der Waals surface area contributed by atoms with Crippen molar-refractivity contribution in [1.29, 1.82) is 0 Å². The highest BCUT2D eigenvalue weighted by Crippen LogP contribution is 2.11. The fourth-order valence-corrected chi connectivity index (χ4v) is 2.21. The Morgan fingerprint density at radius 2 is 2.41 bits per heavy atom. The van der Waals surface area contributed by atoms with Crippen LogP contribution in [-0.4, -0.2) is 25.5 Å². The fourth-order valence-electron chi connectivity index (χ4n) is 1.36. The molecule has 0 saturated heterocycles. The number of thioether (sulfide) groups is 1. The summed E-state index contributed by atoms with van der Waals surface area (Å²) >= 11 is 1.48. The molecular formula is C10H13N5OS. The van der Waals surface area contributed by atoms with Crippen LogP contribution in [0.2, 0.25) is 0 Å². The zero-order valence-electron chi connectivity index (χ0n) is 9.38. The van der Waals surface area contributed by atoms with Crippen LogP contribution in [0, 0.1) is 6.92 Å². The standard InChI is InChI=1S/C10H13N5OS/c1-7-6-9(16)13-10(12-7)17-5-4-15-3-2-8(11)14-15/h2-3,6H,4-5H2,1H3,(H2,11,14)(H,12,13,16). The van der Waals surface area contributed by atoms with Crippen LogP contribution in [0.15, 0.2) is 28.3 Å². The number of aromatic amines is 1. The summed E-state index contributed by atoms with van der Waals surface area (Å²) in [6, 6.07) is 3.22. The van der Waals surface area contributed by atoms with E-state index in [4.69, 9.17) is 5.73 Å². The molecule has 0 bridgehead atoms. The first-order valence-electron chi connectivity index (χ1n) is 5.13. The summed E-state index contributed by atoms with van der Waals surface area (Å²) in [5.74, 6) is 1.28. The number of nitrogens with two attached hydrogens (primary N) is 1. The van der Waals surface area contributed by atoms with E-state index in [9.17, 15) is 4.79 Å². The minimum absolute atomic E-state index is 0.122. The van der Waals surface area contributed by atoms with E-state index < -0.39 is 0 Å². The van der Waals surface area contributed by atoms with Crippen molar-refractivity contribution >= 4 is 17.6 Å². The van der Waals surface area contributed by atoms with Crippen LogP contribution < -0.4 is 11.3 Å². The summed E-state index contributed by atoms with van der Waals surface area (Å²) in [7, 11) is 0. The zero-order valence-corrected chi connectivity index (χ0v) is 10.2. The second kappa shape index (κ2) is 5.05. The maximum Gasteiger partial charge on any atom is 0.251 e. The second-order valence-corrected chi connectivity index (χ2v) is 4.63. The smallest absolute Gasteiger partial charge is 0.251 e. The van der Waals surface area contributed by atoms with Crippen molar-refractivity contribution in [1.82, 2.24) is 19.7 Å². The Bertz CT molecular complexity index is 562. The van der Waals surface area contributed by atoms with Crippen molar-refractivity contribution < 1.29 is 0 Å². The lowest BCUT2D eigenvalue weighted by molar-refractivity contribution is 0.668. The number of aromatic nitrogens is 4. The van der Waals surface area contributed by atoms with Crippen LogP contribution in [0.1, 0.15) is 5.69 Å². The molecule has 2 aromatic heterocycles. The monoisotopic (exact) mass is 251 g/mol. The van der Waals surface area contributed by atoms with Crippen molar-refractivity contribution in [2.24, 2.45) is 0 Å². The predicted octanol–water partition coefficient (Wildman–Crippen LogP) is 0.649. The average molecular weight is 251 g/mol. The molecule has 0 fully saturated rings. The summed E-state index contributed by atoms with van der Waals surface area (Å²) in [6.45, 7) is 2.52. The number of anilines is 1. The molecule has 0 aromatic carbocycles. The van der Waals surface area contributed by atoms with Crippen LogP contribution in [0.3, 0.4) is 0 Å². The summed E-state index contributed by atoms with van der Waals surface area (Å²) in [4.78, 5) is 18.1. The molecule has 0 atom stereocenters. The van der Waals surface area contributed by atoms with Gasteiger partial charge in [0, 0.05) is 23.7 Å². The molecule has 17 heavy (non-hydrogen) atoms. The van der Waals surface area contributed by atoms with Gasteiger partial charge >= 0.3 is 0 Å². The Labute approximate surface area is 102 Å². The highest BCUT2D eigenvalue weighted by atomic mass is 32.2. The molecule has 0 unspecified atom stereocenters. The summed E-state index contributed by atoms with van der Waals surface area (Å²) in [5, 5.41) is 4.70. The Kier molecular flexibility index (Phi) is 3.48. The Balaban J connectivity index is 1.92. The van der Waals surface area contributed by atoms with Gasteiger partial charge in [0.15, 0.2) is 5.16 Å². The summed E-state index contributed by atoms with van der Waals surface area (Å²) in [6.07, 6.45) is 1.82. The van der Waals surface area contributed by atoms with Crippen LogP contribution in [-0.2, 0) is 6.54 Å². The molecular weight excluding hydrogens is 238 g/mol. The van der Waals surface area contributed by atoms with Crippen LogP contribution in [0.25, 0.3) is 0 Å². The van der Waals surface area contributed by atoms with Crippen LogP contribution in [0.4, 0.5) is 5.82 Å². The first-order valence-corrected chi connectivity index (χ1v) is 6.12. The van der Waals surface area contributed by atoms with Gasteiger partial charge in [0.2, 0.25) is 0 Å². The molecule has 7 heteroatoms. The summed E-state index contributed by atoms with van der Waals surface area (Å²) < 4.78 is 1.76. The molecule has 0 aliphatic carbocycles. The van der Waals surface area contributed by atoms with Gasteiger partial charge < -0.3 is 10.7 Å². The molecule has 0 aliphatic rings. The van der Waals surface area contributed by atoms with E-state index in [2.05, 4.69) is 15.1 Å². The van der Waals surface area contributed by atoms with E-state index in [1.54, 1.807) is 17.7 Å². The Morgan fingerprint density at radius 1 is 1.59 bits per heavy atom. The van der Waals surface area contributed by atoms with Crippen molar-refractivity contribution in [2.45, 2.75) is 18.6 Å². The van der Waals surface area contributed by atoms with Gasteiger partial charge in [0.05, 0.1) is 6.54 Å². The maximum atomic E-state index is 11.2. The van der Waals surface area contributed by atoms with E-state index in [-0.39, 0.29) is 5.56 Å². The molecule has 0 spiro atoms. The number of H-pyrrole nitrogens is 1. The van der Waals surface area contributed by atoms with Gasteiger partial charge in [-0.05, 0) is 13.0 Å². The van der Waals surface area contributed by atoms with E-state index in [1.165, 1.54) is 17.8 Å². The molecule has 0 amide bonds. The molecule has 6 nitrogen and oxygen atoms in total. The number of nitrogens with one attached hydrogen (secondary N) is 1. The maximum absolute atomic E-state index is 11.2. The first-order chi connectivity index (χ1) is 8.13. The van der Waals surface area contributed by atoms with E-state index in [1.807, 2.05) is 6.20 Å². The normalized spacial score (nSPS) is 10.6. The van der Waals surface area contributed by atoms with Gasteiger partial charge in [0.25, 0.3) is 5.56 Å². The van der Waals surface area contributed by atoms with E-state index in [0.717, 1.165) is 18.0 Å². The molecule has 0 saturated carbocycles. The number of hydrogen-bond donors (Lipinski definition) is 2. The minimum Gasteiger partial charge on any atom is -0.382 e. The van der Waals surface area contributed by atoms with Gasteiger partial charge in [0.1, 0.15) is 5.82 Å². The van der Waals surface area contributed by atoms with Gasteiger partial charge in [-0.1, -0.05) is 11.8 Å². The lowest BCUT2D eigenvalue weighted by Gasteiger charge is -2.02. The van der Waals surface area contributed by atoms with E-state index >= 15 is 0 Å². The predicted molar refractivity (Wildman–Crippen MR) is 67.0 cm³/mol. The van der Waals surface area contributed by atoms with Gasteiger partial charge in [-0.25, -0.2) is 4.98 Å². The molecule has 2 heterocycles. The third kappa shape index (κ3) is 3.35. The summed E-state index contributed by atoms with van der Waals surface area (Å²) in [5.41, 5.74) is 6.10. The number of aryl methyl sites for hydroxylation is 2. The van der Waals surface area contributed by atoms with Gasteiger partial charge in [-0.15, -0.1) is 0 Å². The minimum atomic E-state index is -0.122. The van der Waals surface area contributed by atoms with Crippen molar-refractivity contribution in [3.05, 3.63) is 34.4 Å². The third-order valence-electron chi connectivity index (χ3n) is 2.07. The topological polar surface area (TPSA) is 89.6 Å². The first kappa shape index (κ1) is 11.7. The average Bonchev–Trinajstić information content (AvgIpc) is 2.63. The van der Waals surface area contributed by atoms with E-state index in [0.29, 0.717) is 11.0 Å². The van der Waals surface area contributed by atoms with Crippen LogP contribution in [0.5, 0.6) is 0 Å². The lowest BCUT2D eigenvalue weighted by Crippen LogP contribution is -2.09. The van der Waals surface area contributed by atoms with Crippen LogP contribution >= 0.6 is 11.8 Å². The highest BCUT2D eigenvalue weighted by molar-refractivity contribution is 7.99. The number of nitrogen functional groups attached to an aromatic ring is 1. The SMILES string of the molecule is Cc1cc(=O)[nH]c(SCCn2ccc(N)n2)n1. The molecule has 2 aromatic rings. The molecule has 0 radical (unpaired) electrons. The quantitative estimate of drug-likeness (QED) is 0.615. The van der Waals surface area contributed by atoms with Crippen molar-refractivity contribution in [3.63, 3.8) is 0 Å².